The van der Waals surface area contributed by atoms with Gasteiger partial charge in [-0.15, -0.1) is 0 Å². The molecule has 1 aromatic heterocycles. The lowest BCUT2D eigenvalue weighted by molar-refractivity contribution is 0.252. The minimum absolute atomic E-state index is 0.216. The highest BCUT2D eigenvalue weighted by Crippen LogP contribution is 2.10. The van der Waals surface area contributed by atoms with Gasteiger partial charge in [0.05, 0.1) is 23.9 Å². The third-order valence-corrected chi connectivity index (χ3v) is 4.93. The molecule has 1 aliphatic heterocycles. The summed E-state index contributed by atoms with van der Waals surface area (Å²) < 4.78 is 27.1. The average Bonchev–Trinajstić information content (AvgIpc) is 2.58. The number of nitrogens with one attached hydrogen (secondary N) is 2. The van der Waals surface area contributed by atoms with E-state index in [4.69, 9.17) is 0 Å². The summed E-state index contributed by atoms with van der Waals surface area (Å²) in [7, 11) is -3.63. The molecule has 2 heterocycles. The quantitative estimate of drug-likeness (QED) is 0.865. The predicted octanol–water partition coefficient (Wildman–Crippen LogP) is 1.04. The second kappa shape index (κ2) is 6.98. The van der Waals surface area contributed by atoms with Crippen LogP contribution in [0.2, 0.25) is 0 Å². The van der Waals surface area contributed by atoms with Gasteiger partial charge in [-0.3, -0.25) is 9.88 Å². The summed E-state index contributed by atoms with van der Waals surface area (Å²) in [4.78, 5) is 10.8. The molecule has 0 atom stereocenters. The third-order valence-electron chi connectivity index (χ3n) is 3.57. The van der Waals surface area contributed by atoms with Gasteiger partial charge in [0.1, 0.15) is 0 Å². The first-order valence-corrected chi connectivity index (χ1v) is 9.01. The van der Waals surface area contributed by atoms with E-state index in [9.17, 15) is 8.42 Å². The molecule has 0 saturated carbocycles. The van der Waals surface area contributed by atoms with Crippen LogP contribution in [0.1, 0.15) is 11.3 Å². The Morgan fingerprint density at radius 2 is 2.00 bits per heavy atom. The summed E-state index contributed by atoms with van der Waals surface area (Å²) in [6.07, 6.45) is 1.75. The van der Waals surface area contributed by atoms with Crippen LogP contribution in [-0.2, 0) is 16.6 Å². The Kier molecular flexibility index (Phi) is 4.77. The van der Waals surface area contributed by atoms with Gasteiger partial charge in [0.15, 0.2) is 0 Å². The van der Waals surface area contributed by atoms with Crippen molar-refractivity contribution in [1.29, 1.82) is 0 Å². The molecular weight excluding hydrogens is 326 g/mol. The first-order chi connectivity index (χ1) is 11.5. The molecule has 2 N–H and O–H groups in total. The SMILES string of the molecule is Cc1ccc(S(=O)(=O)NC2=NCN(Cc3ccccn3)CN2)cc1. The van der Waals surface area contributed by atoms with Crippen molar-refractivity contribution >= 4 is 16.0 Å². The Morgan fingerprint density at radius 1 is 1.21 bits per heavy atom. The third kappa shape index (κ3) is 4.09. The minimum Gasteiger partial charge on any atom is -0.343 e. The second-order valence-electron chi connectivity index (χ2n) is 5.55. The molecule has 3 rings (SSSR count). The number of benzene rings is 1. The fourth-order valence-electron chi connectivity index (χ4n) is 2.26. The van der Waals surface area contributed by atoms with Crippen molar-refractivity contribution in [2.24, 2.45) is 4.99 Å². The van der Waals surface area contributed by atoms with Crippen molar-refractivity contribution in [3.63, 3.8) is 0 Å². The van der Waals surface area contributed by atoms with Gasteiger partial charge >= 0.3 is 0 Å². The average molecular weight is 345 g/mol. The smallest absolute Gasteiger partial charge is 0.264 e. The van der Waals surface area contributed by atoms with Crippen LogP contribution in [-0.4, -0.2) is 37.6 Å². The number of rotatable bonds is 4. The van der Waals surface area contributed by atoms with Crippen LogP contribution < -0.4 is 10.0 Å². The normalized spacial score (nSPS) is 15.5. The van der Waals surface area contributed by atoms with E-state index >= 15 is 0 Å². The Hall–Kier alpha value is -2.45. The molecule has 0 aliphatic carbocycles. The Labute approximate surface area is 141 Å². The molecule has 0 radical (unpaired) electrons. The van der Waals surface area contributed by atoms with Gasteiger partial charge in [0, 0.05) is 12.7 Å². The number of sulfonamides is 1. The maximum absolute atomic E-state index is 12.3. The molecule has 24 heavy (non-hydrogen) atoms. The highest BCUT2D eigenvalue weighted by atomic mass is 32.2. The monoisotopic (exact) mass is 345 g/mol. The van der Waals surface area contributed by atoms with Gasteiger partial charge < -0.3 is 5.32 Å². The first-order valence-electron chi connectivity index (χ1n) is 7.53. The van der Waals surface area contributed by atoms with E-state index in [-0.39, 0.29) is 10.9 Å². The molecule has 0 unspecified atom stereocenters. The number of guanidine groups is 1. The zero-order chi connectivity index (χ0) is 17.0. The molecule has 0 bridgehead atoms. The van der Waals surface area contributed by atoms with Gasteiger partial charge in [-0.25, -0.2) is 18.1 Å². The molecule has 1 aliphatic rings. The number of aromatic nitrogens is 1. The summed E-state index contributed by atoms with van der Waals surface area (Å²) >= 11 is 0. The van der Waals surface area contributed by atoms with Crippen LogP contribution in [0.25, 0.3) is 0 Å². The van der Waals surface area contributed by atoms with Gasteiger partial charge in [0.25, 0.3) is 10.0 Å². The zero-order valence-corrected chi connectivity index (χ0v) is 14.1. The fourth-order valence-corrected chi connectivity index (χ4v) is 3.27. The number of pyridine rings is 1. The highest BCUT2D eigenvalue weighted by Gasteiger charge is 2.19. The number of nitrogens with zero attached hydrogens (tertiary/aromatic N) is 3. The highest BCUT2D eigenvalue weighted by molar-refractivity contribution is 7.90. The predicted molar refractivity (Wildman–Crippen MR) is 91.6 cm³/mol. The lowest BCUT2D eigenvalue weighted by atomic mass is 10.2. The summed E-state index contributed by atoms with van der Waals surface area (Å²) in [5, 5.41) is 2.98. The number of aliphatic imine (C=N–C) groups is 1. The summed E-state index contributed by atoms with van der Waals surface area (Å²) in [5.41, 5.74) is 1.95. The molecule has 0 fully saturated rings. The second-order valence-corrected chi connectivity index (χ2v) is 7.23. The number of hydrogen-bond acceptors (Lipinski definition) is 6. The molecule has 8 heteroatoms. The van der Waals surface area contributed by atoms with Crippen molar-refractivity contribution < 1.29 is 8.42 Å². The molecule has 0 spiro atoms. The van der Waals surface area contributed by atoms with Crippen molar-refractivity contribution in [3.05, 3.63) is 59.9 Å². The van der Waals surface area contributed by atoms with Crippen LogP contribution in [0.4, 0.5) is 0 Å². The van der Waals surface area contributed by atoms with Gasteiger partial charge in [0.2, 0.25) is 5.96 Å². The summed E-state index contributed by atoms with van der Waals surface area (Å²) in [6, 6.07) is 12.4. The van der Waals surface area contributed by atoms with Crippen molar-refractivity contribution in [3.8, 4) is 0 Å². The molecule has 126 valence electrons. The number of aryl methyl sites for hydroxylation is 1. The molecule has 1 aromatic carbocycles. The maximum atomic E-state index is 12.3. The summed E-state index contributed by atoms with van der Waals surface area (Å²) in [5.74, 6) is 0.257. The largest absolute Gasteiger partial charge is 0.343 e. The van der Waals surface area contributed by atoms with E-state index in [1.54, 1.807) is 30.5 Å². The fraction of sp³-hybridized carbons (Fsp3) is 0.250. The first kappa shape index (κ1) is 16.4. The van der Waals surface area contributed by atoms with Gasteiger partial charge in [-0.05, 0) is 31.2 Å². The summed E-state index contributed by atoms with van der Waals surface area (Å²) in [6.45, 7) is 3.45. The van der Waals surface area contributed by atoms with Crippen LogP contribution in [0, 0.1) is 6.92 Å². The van der Waals surface area contributed by atoms with Crippen LogP contribution in [0.15, 0.2) is 58.5 Å². The number of hydrogen-bond donors (Lipinski definition) is 2. The van der Waals surface area contributed by atoms with E-state index in [0.717, 1.165) is 11.3 Å². The van der Waals surface area contributed by atoms with Crippen LogP contribution >= 0.6 is 0 Å². The lowest BCUT2D eigenvalue weighted by Crippen LogP contribution is -2.49. The molecule has 2 aromatic rings. The maximum Gasteiger partial charge on any atom is 0.264 e. The van der Waals surface area contributed by atoms with E-state index < -0.39 is 10.0 Å². The van der Waals surface area contributed by atoms with E-state index in [1.807, 2.05) is 30.0 Å². The minimum atomic E-state index is -3.63. The van der Waals surface area contributed by atoms with Crippen molar-refractivity contribution in [2.75, 3.05) is 13.3 Å². The van der Waals surface area contributed by atoms with Crippen molar-refractivity contribution in [1.82, 2.24) is 19.9 Å². The Balaban J connectivity index is 1.62. The lowest BCUT2D eigenvalue weighted by Gasteiger charge is -2.26. The van der Waals surface area contributed by atoms with Crippen LogP contribution in [0.3, 0.4) is 0 Å². The van der Waals surface area contributed by atoms with E-state index in [2.05, 4.69) is 20.0 Å². The van der Waals surface area contributed by atoms with E-state index in [0.29, 0.717) is 19.9 Å². The zero-order valence-electron chi connectivity index (χ0n) is 13.3. The standard InChI is InChI=1S/C16H19N5O2S/c1-13-5-7-15(8-6-13)24(22,23)20-16-18-11-21(12-19-16)10-14-4-2-3-9-17-14/h2-9H,10-12H2,1H3,(H2,18,19,20). The molecule has 7 nitrogen and oxygen atoms in total. The van der Waals surface area contributed by atoms with E-state index in [1.165, 1.54) is 0 Å². The molecule has 0 saturated heterocycles. The van der Waals surface area contributed by atoms with Crippen molar-refractivity contribution in [2.45, 2.75) is 18.4 Å². The molecule has 0 amide bonds. The van der Waals surface area contributed by atoms with Gasteiger partial charge in [-0.2, -0.15) is 0 Å². The molecular formula is C16H19N5O2S. The Bertz CT molecular complexity index is 819. The van der Waals surface area contributed by atoms with Crippen LogP contribution in [0.5, 0.6) is 0 Å². The Morgan fingerprint density at radius 3 is 2.62 bits per heavy atom. The topological polar surface area (TPSA) is 86.7 Å². The van der Waals surface area contributed by atoms with Gasteiger partial charge in [-0.1, -0.05) is 23.8 Å².